The molecule has 96 valence electrons. The van der Waals surface area contributed by atoms with Gasteiger partial charge in [0.1, 0.15) is 0 Å². The van der Waals surface area contributed by atoms with E-state index in [0.717, 1.165) is 6.54 Å². The third kappa shape index (κ3) is 5.00. The van der Waals surface area contributed by atoms with E-state index in [9.17, 15) is 4.79 Å². The highest BCUT2D eigenvalue weighted by Crippen LogP contribution is 2.39. The smallest absolute Gasteiger partial charge is 0.224 e. The van der Waals surface area contributed by atoms with Crippen LogP contribution in [-0.4, -0.2) is 12.5 Å². The molecule has 0 aromatic carbocycles. The number of amides is 1. The van der Waals surface area contributed by atoms with E-state index < -0.39 is 0 Å². The summed E-state index contributed by atoms with van der Waals surface area (Å²) in [6, 6.07) is 0. The van der Waals surface area contributed by atoms with Crippen molar-refractivity contribution in [2.45, 2.75) is 55.4 Å². The Bertz CT molecular complexity index is 216. The van der Waals surface area contributed by atoms with Gasteiger partial charge in [-0.3, -0.25) is 4.79 Å². The van der Waals surface area contributed by atoms with Gasteiger partial charge in [-0.25, -0.2) is 0 Å². The molecular formula is C14H29NO. The third-order valence-corrected chi connectivity index (χ3v) is 2.68. The standard InChI is InChI=1S/C14H29NO/c1-10(2)9-15-12(16)11(13(3,4)5)14(6,7)8/h10-11H,9H2,1-8H3,(H,15,16). The van der Waals surface area contributed by atoms with Crippen molar-refractivity contribution < 1.29 is 4.79 Å². The van der Waals surface area contributed by atoms with E-state index >= 15 is 0 Å². The zero-order chi connectivity index (χ0) is 13.1. The Labute approximate surface area is 101 Å². The molecule has 0 aliphatic heterocycles. The van der Waals surface area contributed by atoms with Gasteiger partial charge in [0.25, 0.3) is 0 Å². The fraction of sp³-hybridized carbons (Fsp3) is 0.929. The Kier molecular flexibility index (Phi) is 5.03. The highest BCUT2D eigenvalue weighted by Gasteiger charge is 2.40. The van der Waals surface area contributed by atoms with Gasteiger partial charge in [0.05, 0.1) is 0 Å². The van der Waals surface area contributed by atoms with E-state index in [1.807, 2.05) is 0 Å². The molecule has 0 aliphatic rings. The average molecular weight is 227 g/mol. The maximum absolute atomic E-state index is 12.2. The summed E-state index contributed by atoms with van der Waals surface area (Å²) in [5.74, 6) is 0.733. The lowest BCUT2D eigenvalue weighted by molar-refractivity contribution is -0.133. The summed E-state index contributed by atoms with van der Waals surface area (Å²) in [5, 5.41) is 3.06. The molecular weight excluding hydrogens is 198 g/mol. The predicted molar refractivity (Wildman–Crippen MR) is 70.2 cm³/mol. The number of carbonyl (C=O) groups excluding carboxylic acids is 1. The molecule has 0 aromatic rings. The van der Waals surface area contributed by atoms with Gasteiger partial charge in [-0.1, -0.05) is 55.4 Å². The number of nitrogens with one attached hydrogen (secondary N) is 1. The number of hydrogen-bond acceptors (Lipinski definition) is 1. The zero-order valence-electron chi connectivity index (χ0n) is 12.3. The van der Waals surface area contributed by atoms with E-state index in [4.69, 9.17) is 0 Å². The molecule has 0 atom stereocenters. The van der Waals surface area contributed by atoms with Gasteiger partial charge in [0, 0.05) is 12.5 Å². The molecule has 1 N–H and O–H groups in total. The van der Waals surface area contributed by atoms with Crippen molar-refractivity contribution in [1.29, 1.82) is 0 Å². The first kappa shape index (κ1) is 15.5. The summed E-state index contributed by atoms with van der Waals surface area (Å²) >= 11 is 0. The van der Waals surface area contributed by atoms with Gasteiger partial charge in [0.15, 0.2) is 0 Å². The van der Waals surface area contributed by atoms with Gasteiger partial charge in [-0.15, -0.1) is 0 Å². The number of hydrogen-bond donors (Lipinski definition) is 1. The SMILES string of the molecule is CC(C)CNC(=O)C(C(C)(C)C)C(C)(C)C. The van der Waals surface area contributed by atoms with Crippen LogP contribution in [0.3, 0.4) is 0 Å². The van der Waals surface area contributed by atoms with Crippen molar-refractivity contribution >= 4 is 5.91 Å². The minimum Gasteiger partial charge on any atom is -0.356 e. The Morgan fingerprint density at radius 1 is 1.00 bits per heavy atom. The lowest BCUT2D eigenvalue weighted by atomic mass is 9.66. The molecule has 2 heteroatoms. The van der Waals surface area contributed by atoms with E-state index in [1.54, 1.807) is 0 Å². The third-order valence-electron chi connectivity index (χ3n) is 2.68. The summed E-state index contributed by atoms with van der Waals surface area (Å²) < 4.78 is 0. The molecule has 0 unspecified atom stereocenters. The van der Waals surface area contributed by atoms with Crippen LogP contribution in [0.5, 0.6) is 0 Å². The Morgan fingerprint density at radius 2 is 1.38 bits per heavy atom. The number of rotatable bonds is 3. The first-order valence-electron chi connectivity index (χ1n) is 6.24. The van der Waals surface area contributed by atoms with Crippen LogP contribution in [-0.2, 0) is 4.79 Å². The average Bonchev–Trinajstić information content (AvgIpc) is 1.94. The first-order valence-corrected chi connectivity index (χ1v) is 6.24. The van der Waals surface area contributed by atoms with Crippen LogP contribution in [0.4, 0.5) is 0 Å². The van der Waals surface area contributed by atoms with E-state index in [1.165, 1.54) is 0 Å². The molecule has 0 saturated carbocycles. The molecule has 0 radical (unpaired) electrons. The normalized spacial score (nSPS) is 13.4. The number of carbonyl (C=O) groups is 1. The van der Waals surface area contributed by atoms with Crippen molar-refractivity contribution in [2.75, 3.05) is 6.54 Å². The van der Waals surface area contributed by atoms with Crippen molar-refractivity contribution in [2.24, 2.45) is 22.7 Å². The maximum atomic E-state index is 12.2. The summed E-state index contributed by atoms with van der Waals surface area (Å²) in [6.07, 6.45) is 0. The second-order valence-electron chi connectivity index (χ2n) is 7.30. The van der Waals surface area contributed by atoms with E-state index in [-0.39, 0.29) is 22.7 Å². The van der Waals surface area contributed by atoms with Gasteiger partial charge >= 0.3 is 0 Å². The Hall–Kier alpha value is -0.530. The van der Waals surface area contributed by atoms with E-state index in [2.05, 4.69) is 60.7 Å². The van der Waals surface area contributed by atoms with Crippen LogP contribution in [0.2, 0.25) is 0 Å². The summed E-state index contributed by atoms with van der Waals surface area (Å²) in [4.78, 5) is 12.2. The van der Waals surface area contributed by atoms with Crippen LogP contribution in [0.25, 0.3) is 0 Å². The van der Waals surface area contributed by atoms with Crippen molar-refractivity contribution in [3.05, 3.63) is 0 Å². The minimum absolute atomic E-state index is 0.000682. The van der Waals surface area contributed by atoms with Crippen molar-refractivity contribution in [3.8, 4) is 0 Å². The monoisotopic (exact) mass is 227 g/mol. The van der Waals surface area contributed by atoms with Gasteiger partial charge in [0.2, 0.25) is 5.91 Å². The molecule has 0 spiro atoms. The Morgan fingerprint density at radius 3 is 1.62 bits per heavy atom. The van der Waals surface area contributed by atoms with Crippen LogP contribution >= 0.6 is 0 Å². The second kappa shape index (κ2) is 5.20. The molecule has 16 heavy (non-hydrogen) atoms. The largest absolute Gasteiger partial charge is 0.356 e. The topological polar surface area (TPSA) is 29.1 Å². The van der Waals surface area contributed by atoms with Gasteiger partial charge in [-0.2, -0.15) is 0 Å². The molecule has 0 bridgehead atoms. The molecule has 0 rings (SSSR count). The lowest BCUT2D eigenvalue weighted by Gasteiger charge is -2.39. The van der Waals surface area contributed by atoms with Crippen LogP contribution < -0.4 is 5.32 Å². The minimum atomic E-state index is -0.000682. The van der Waals surface area contributed by atoms with Crippen LogP contribution in [0, 0.1) is 22.7 Å². The molecule has 2 nitrogen and oxygen atoms in total. The quantitative estimate of drug-likeness (QED) is 0.786. The summed E-state index contributed by atoms with van der Waals surface area (Å²) in [6.45, 7) is 17.8. The van der Waals surface area contributed by atoms with Crippen molar-refractivity contribution in [3.63, 3.8) is 0 Å². The Balaban J connectivity index is 4.74. The van der Waals surface area contributed by atoms with Crippen LogP contribution in [0.1, 0.15) is 55.4 Å². The fourth-order valence-electron chi connectivity index (χ4n) is 2.49. The molecule has 0 saturated heterocycles. The molecule has 0 fully saturated rings. The summed E-state index contributed by atoms with van der Waals surface area (Å²) in [5.41, 5.74) is -0.00136. The van der Waals surface area contributed by atoms with Crippen LogP contribution in [0.15, 0.2) is 0 Å². The highest BCUT2D eigenvalue weighted by molar-refractivity contribution is 5.80. The molecule has 1 amide bonds. The lowest BCUT2D eigenvalue weighted by Crippen LogP contribution is -2.45. The summed E-state index contributed by atoms with van der Waals surface area (Å²) in [7, 11) is 0. The van der Waals surface area contributed by atoms with E-state index in [0.29, 0.717) is 5.92 Å². The zero-order valence-corrected chi connectivity index (χ0v) is 12.3. The second-order valence-corrected chi connectivity index (χ2v) is 7.30. The molecule has 0 aliphatic carbocycles. The fourth-order valence-corrected chi connectivity index (χ4v) is 2.49. The maximum Gasteiger partial charge on any atom is 0.224 e. The van der Waals surface area contributed by atoms with Gasteiger partial charge < -0.3 is 5.32 Å². The predicted octanol–water partition coefficient (Wildman–Crippen LogP) is 3.47. The highest BCUT2D eigenvalue weighted by atomic mass is 16.1. The molecule has 0 heterocycles. The molecule has 0 aromatic heterocycles. The van der Waals surface area contributed by atoms with Gasteiger partial charge in [-0.05, 0) is 16.7 Å². The van der Waals surface area contributed by atoms with Crippen molar-refractivity contribution in [1.82, 2.24) is 5.32 Å². The first-order chi connectivity index (χ1) is 6.96.